The van der Waals surface area contributed by atoms with E-state index in [9.17, 15) is 0 Å². The molecule has 0 spiro atoms. The van der Waals surface area contributed by atoms with Gasteiger partial charge in [-0.25, -0.2) is 4.98 Å². The summed E-state index contributed by atoms with van der Waals surface area (Å²) in [5.41, 5.74) is 3.56. The van der Waals surface area contributed by atoms with Gasteiger partial charge >= 0.3 is 0 Å². The molecule has 1 heterocycles. The molecular weight excluding hydrogens is 270 g/mol. The van der Waals surface area contributed by atoms with Crippen LogP contribution in [0.15, 0.2) is 18.2 Å². The second kappa shape index (κ2) is 7.09. The first-order valence-electron chi connectivity index (χ1n) is 7.44. The zero-order valence-electron chi connectivity index (χ0n) is 12.7. The van der Waals surface area contributed by atoms with E-state index < -0.39 is 0 Å². The van der Waals surface area contributed by atoms with E-state index in [-0.39, 0.29) is 0 Å². The van der Waals surface area contributed by atoms with Crippen molar-refractivity contribution in [2.24, 2.45) is 0 Å². The molecule has 0 aliphatic carbocycles. The number of imidazole rings is 1. The molecule has 3 nitrogen and oxygen atoms in total. The number of aryl methyl sites for hydroxylation is 1. The first kappa shape index (κ1) is 15.3. The number of aromatic nitrogens is 2. The van der Waals surface area contributed by atoms with E-state index >= 15 is 0 Å². The van der Waals surface area contributed by atoms with Crippen LogP contribution < -0.4 is 0 Å². The zero-order chi connectivity index (χ0) is 14.5. The largest absolute Gasteiger partial charge is 0.325 e. The molecule has 0 saturated carbocycles. The third kappa shape index (κ3) is 3.15. The van der Waals surface area contributed by atoms with E-state index in [0.29, 0.717) is 5.88 Å². The molecule has 1 aromatic carbocycles. The van der Waals surface area contributed by atoms with Gasteiger partial charge in [0.2, 0.25) is 0 Å². The maximum absolute atomic E-state index is 6.07. The quantitative estimate of drug-likeness (QED) is 0.724. The molecule has 0 aliphatic rings. The normalized spacial score (nSPS) is 11.7. The van der Waals surface area contributed by atoms with Crippen LogP contribution in [0.1, 0.15) is 31.7 Å². The van der Waals surface area contributed by atoms with Gasteiger partial charge < -0.3 is 9.47 Å². The van der Waals surface area contributed by atoms with E-state index in [4.69, 9.17) is 11.6 Å². The van der Waals surface area contributed by atoms with Crippen molar-refractivity contribution < 1.29 is 0 Å². The fourth-order valence-electron chi connectivity index (χ4n) is 2.74. The number of likely N-dealkylation sites (N-methyl/N-ethyl adjacent to an activating group) is 1. The third-order valence-electron chi connectivity index (χ3n) is 3.79. The lowest BCUT2D eigenvalue weighted by Crippen LogP contribution is -2.28. The van der Waals surface area contributed by atoms with Crippen molar-refractivity contribution in [3.8, 4) is 0 Å². The van der Waals surface area contributed by atoms with Gasteiger partial charge in [0.1, 0.15) is 5.82 Å². The van der Waals surface area contributed by atoms with Crippen LogP contribution in [-0.4, -0.2) is 34.1 Å². The van der Waals surface area contributed by atoms with Gasteiger partial charge in [-0.15, -0.1) is 11.6 Å². The lowest BCUT2D eigenvalue weighted by molar-refractivity contribution is 0.277. The second-order valence-corrected chi connectivity index (χ2v) is 5.46. The summed E-state index contributed by atoms with van der Waals surface area (Å²) < 4.78 is 2.29. The standard InChI is InChI=1S/C16H24ClN3/c1-4-9-19(5-2)10-11-20-15(12-17)18-14-8-6-7-13(3)16(14)20/h6-8H,4-5,9-12H2,1-3H3. The monoisotopic (exact) mass is 293 g/mol. The highest BCUT2D eigenvalue weighted by atomic mass is 35.5. The molecule has 0 N–H and O–H groups in total. The lowest BCUT2D eigenvalue weighted by atomic mass is 10.2. The Kier molecular flexibility index (Phi) is 5.44. The van der Waals surface area contributed by atoms with E-state index in [1.165, 1.54) is 17.5 Å². The summed E-state index contributed by atoms with van der Waals surface area (Å²) in [6.07, 6.45) is 1.19. The molecule has 0 amide bonds. The molecule has 0 saturated heterocycles. The van der Waals surface area contributed by atoms with Crippen molar-refractivity contribution in [2.45, 2.75) is 39.6 Å². The highest BCUT2D eigenvalue weighted by Crippen LogP contribution is 2.21. The molecule has 0 unspecified atom stereocenters. The Morgan fingerprint density at radius 2 is 2.05 bits per heavy atom. The molecule has 0 fully saturated rings. The van der Waals surface area contributed by atoms with Gasteiger partial charge in [0.05, 0.1) is 16.9 Å². The van der Waals surface area contributed by atoms with Gasteiger partial charge in [0.15, 0.2) is 0 Å². The summed E-state index contributed by atoms with van der Waals surface area (Å²) in [6, 6.07) is 6.27. The summed E-state index contributed by atoms with van der Waals surface area (Å²) in [5, 5.41) is 0. The fraction of sp³-hybridized carbons (Fsp3) is 0.562. The smallest absolute Gasteiger partial charge is 0.124 e. The Hall–Kier alpha value is -1.06. The molecule has 0 bridgehead atoms. The molecule has 20 heavy (non-hydrogen) atoms. The van der Waals surface area contributed by atoms with Crippen LogP contribution >= 0.6 is 11.6 Å². The Bertz CT molecular complexity index is 562. The van der Waals surface area contributed by atoms with Gasteiger partial charge in [-0.3, -0.25) is 0 Å². The van der Waals surface area contributed by atoms with Crippen LogP contribution in [0.4, 0.5) is 0 Å². The average Bonchev–Trinajstić information content (AvgIpc) is 2.82. The van der Waals surface area contributed by atoms with Crippen molar-refractivity contribution in [3.05, 3.63) is 29.6 Å². The van der Waals surface area contributed by atoms with Gasteiger partial charge in [-0.05, 0) is 38.1 Å². The maximum Gasteiger partial charge on any atom is 0.124 e. The van der Waals surface area contributed by atoms with Crippen LogP contribution in [0, 0.1) is 6.92 Å². The van der Waals surface area contributed by atoms with Crippen LogP contribution in [-0.2, 0) is 12.4 Å². The molecule has 4 heteroatoms. The minimum atomic E-state index is 0.466. The third-order valence-corrected chi connectivity index (χ3v) is 4.03. The summed E-state index contributed by atoms with van der Waals surface area (Å²) in [5.74, 6) is 1.44. The Morgan fingerprint density at radius 1 is 1.25 bits per heavy atom. The van der Waals surface area contributed by atoms with E-state index in [1.807, 2.05) is 0 Å². The molecular formula is C16H24ClN3. The van der Waals surface area contributed by atoms with Crippen LogP contribution in [0.2, 0.25) is 0 Å². The highest BCUT2D eigenvalue weighted by molar-refractivity contribution is 6.16. The number of hydrogen-bond donors (Lipinski definition) is 0. The number of hydrogen-bond acceptors (Lipinski definition) is 2. The Labute approximate surface area is 126 Å². The van der Waals surface area contributed by atoms with Crippen molar-refractivity contribution in [3.63, 3.8) is 0 Å². The molecule has 0 aliphatic heterocycles. The Morgan fingerprint density at radius 3 is 2.70 bits per heavy atom. The lowest BCUT2D eigenvalue weighted by Gasteiger charge is -2.20. The molecule has 2 aromatic rings. The van der Waals surface area contributed by atoms with E-state index in [0.717, 1.165) is 37.5 Å². The van der Waals surface area contributed by atoms with Gasteiger partial charge in [-0.2, -0.15) is 0 Å². The molecule has 110 valence electrons. The zero-order valence-corrected chi connectivity index (χ0v) is 13.5. The molecule has 0 radical (unpaired) electrons. The number of halogens is 1. The highest BCUT2D eigenvalue weighted by Gasteiger charge is 2.12. The minimum Gasteiger partial charge on any atom is -0.325 e. The average molecular weight is 294 g/mol. The maximum atomic E-state index is 6.07. The molecule has 1 aromatic heterocycles. The number of fused-ring (bicyclic) bond motifs is 1. The van der Waals surface area contributed by atoms with Crippen molar-refractivity contribution in [1.29, 1.82) is 0 Å². The number of rotatable bonds is 7. The number of nitrogens with zero attached hydrogens (tertiary/aromatic N) is 3. The topological polar surface area (TPSA) is 21.1 Å². The number of para-hydroxylation sites is 1. The summed E-state index contributed by atoms with van der Waals surface area (Å²) in [4.78, 5) is 7.13. The van der Waals surface area contributed by atoms with Crippen molar-refractivity contribution in [1.82, 2.24) is 14.5 Å². The van der Waals surface area contributed by atoms with Crippen LogP contribution in [0.25, 0.3) is 11.0 Å². The van der Waals surface area contributed by atoms with E-state index in [1.54, 1.807) is 0 Å². The molecule has 0 atom stereocenters. The fourth-order valence-corrected chi connectivity index (χ4v) is 2.95. The number of alkyl halides is 1. The SMILES string of the molecule is CCCN(CC)CCn1c(CCl)nc2cccc(C)c21. The van der Waals surface area contributed by atoms with Crippen molar-refractivity contribution in [2.75, 3.05) is 19.6 Å². The van der Waals surface area contributed by atoms with Gasteiger partial charge in [-0.1, -0.05) is 26.0 Å². The second-order valence-electron chi connectivity index (χ2n) is 5.19. The summed E-state index contributed by atoms with van der Waals surface area (Å²) >= 11 is 6.07. The summed E-state index contributed by atoms with van der Waals surface area (Å²) in [7, 11) is 0. The predicted molar refractivity (Wildman–Crippen MR) is 86.4 cm³/mol. The van der Waals surface area contributed by atoms with Gasteiger partial charge in [0, 0.05) is 13.1 Å². The first-order chi connectivity index (χ1) is 9.71. The Balaban J connectivity index is 2.28. The predicted octanol–water partition coefficient (Wildman–Crippen LogP) is 3.82. The number of benzene rings is 1. The van der Waals surface area contributed by atoms with Crippen LogP contribution in [0.3, 0.4) is 0 Å². The van der Waals surface area contributed by atoms with Gasteiger partial charge in [0.25, 0.3) is 0 Å². The summed E-state index contributed by atoms with van der Waals surface area (Å²) in [6.45, 7) is 10.8. The minimum absolute atomic E-state index is 0.466. The molecule has 2 rings (SSSR count). The first-order valence-corrected chi connectivity index (χ1v) is 7.97. The van der Waals surface area contributed by atoms with Crippen LogP contribution in [0.5, 0.6) is 0 Å². The van der Waals surface area contributed by atoms with E-state index in [2.05, 4.69) is 53.4 Å². The van der Waals surface area contributed by atoms with Crippen molar-refractivity contribution >= 4 is 22.6 Å².